The van der Waals surface area contributed by atoms with E-state index in [4.69, 9.17) is 23.2 Å². The van der Waals surface area contributed by atoms with Gasteiger partial charge in [0.1, 0.15) is 10.3 Å². The van der Waals surface area contributed by atoms with E-state index in [1.165, 1.54) is 12.1 Å². The zero-order valence-corrected chi connectivity index (χ0v) is 8.39. The number of nitrogens with zero attached hydrogens (tertiary/aromatic N) is 1. The van der Waals surface area contributed by atoms with Crippen molar-refractivity contribution in [3.63, 3.8) is 0 Å². The Hall–Kier alpha value is -0.203. The van der Waals surface area contributed by atoms with Crippen LogP contribution in [-0.4, -0.2) is 11.0 Å². The molecule has 0 fully saturated rings. The van der Waals surface area contributed by atoms with E-state index in [2.05, 4.69) is 4.98 Å². The summed E-state index contributed by atoms with van der Waals surface area (Å²) in [5.74, 6) is -1.17. The Balaban J connectivity index is 0.00000144. The maximum absolute atomic E-state index is 10.2. The molecule has 3 nitrogen and oxygen atoms in total. The van der Waals surface area contributed by atoms with Gasteiger partial charge in [0.05, 0.1) is 0 Å². The van der Waals surface area contributed by atoms with E-state index < -0.39 is 5.97 Å². The van der Waals surface area contributed by atoms with E-state index in [0.717, 1.165) is 0 Å². The Bertz CT molecular complexity index is 299. The molecule has 0 bridgehead atoms. The van der Waals surface area contributed by atoms with Crippen LogP contribution in [0.4, 0.5) is 0 Å². The third kappa shape index (κ3) is 4.54. The van der Waals surface area contributed by atoms with Crippen LogP contribution in [0, 0.1) is 0 Å². The van der Waals surface area contributed by atoms with Crippen LogP contribution in [0.25, 0.3) is 0 Å². The standard InChI is InChI=1S/C7H5Cl2NO2.Li/c8-5-1-4(3-7(11)12)2-6(9)10-5;/h1-2H,3H2,(H,11,12);/q;+1/p-1. The number of hydrogen-bond acceptors (Lipinski definition) is 3. The largest absolute Gasteiger partial charge is 1.00 e. The number of aromatic nitrogens is 1. The summed E-state index contributed by atoms with van der Waals surface area (Å²) in [7, 11) is 0. The molecule has 0 unspecified atom stereocenters. The molecular formula is C7H4Cl2LiNO2. The Morgan fingerprint density at radius 2 is 1.85 bits per heavy atom. The summed E-state index contributed by atoms with van der Waals surface area (Å²) in [5, 5.41) is 10.5. The first-order valence-corrected chi connectivity index (χ1v) is 3.85. The van der Waals surface area contributed by atoms with Crippen molar-refractivity contribution in [2.24, 2.45) is 0 Å². The smallest absolute Gasteiger partial charge is 0.550 e. The van der Waals surface area contributed by atoms with Crippen molar-refractivity contribution >= 4 is 29.2 Å². The van der Waals surface area contributed by atoms with Crippen molar-refractivity contribution in [2.45, 2.75) is 6.42 Å². The van der Waals surface area contributed by atoms with Crippen molar-refractivity contribution in [2.75, 3.05) is 0 Å². The van der Waals surface area contributed by atoms with E-state index in [9.17, 15) is 9.90 Å². The molecule has 13 heavy (non-hydrogen) atoms. The van der Waals surface area contributed by atoms with Gasteiger partial charge in [-0.3, -0.25) is 0 Å². The van der Waals surface area contributed by atoms with Gasteiger partial charge < -0.3 is 9.90 Å². The minimum absolute atomic E-state index is 0. The average Bonchev–Trinajstić information content (AvgIpc) is 1.81. The van der Waals surface area contributed by atoms with Gasteiger partial charge in [-0.1, -0.05) is 23.2 Å². The molecule has 64 valence electrons. The number of carboxylic acids is 1. The maximum Gasteiger partial charge on any atom is 1.00 e. The van der Waals surface area contributed by atoms with Crippen molar-refractivity contribution in [3.8, 4) is 0 Å². The Morgan fingerprint density at radius 1 is 1.38 bits per heavy atom. The van der Waals surface area contributed by atoms with Crippen molar-refractivity contribution in [1.29, 1.82) is 0 Å². The number of carbonyl (C=O) groups is 1. The van der Waals surface area contributed by atoms with E-state index in [-0.39, 0.29) is 35.6 Å². The zero-order valence-electron chi connectivity index (χ0n) is 6.88. The van der Waals surface area contributed by atoms with E-state index in [1.807, 2.05) is 0 Å². The quantitative estimate of drug-likeness (QED) is 0.408. The monoisotopic (exact) mass is 211 g/mol. The van der Waals surface area contributed by atoms with E-state index >= 15 is 0 Å². The van der Waals surface area contributed by atoms with Crippen LogP contribution >= 0.6 is 23.2 Å². The summed E-state index contributed by atoms with van der Waals surface area (Å²) in [4.78, 5) is 13.8. The molecule has 0 saturated heterocycles. The summed E-state index contributed by atoms with van der Waals surface area (Å²) >= 11 is 11.0. The summed E-state index contributed by atoms with van der Waals surface area (Å²) in [5.41, 5.74) is 0.486. The minimum atomic E-state index is -1.17. The Kier molecular flexibility index (Phi) is 5.43. The van der Waals surface area contributed by atoms with E-state index in [0.29, 0.717) is 5.56 Å². The van der Waals surface area contributed by atoms with Crippen LogP contribution in [0.2, 0.25) is 10.3 Å². The number of pyridine rings is 1. The molecule has 0 spiro atoms. The average molecular weight is 212 g/mol. The molecule has 0 amide bonds. The van der Waals surface area contributed by atoms with Crippen LogP contribution < -0.4 is 24.0 Å². The van der Waals surface area contributed by atoms with Crippen molar-refractivity contribution in [1.82, 2.24) is 4.98 Å². The van der Waals surface area contributed by atoms with Gasteiger partial charge in [0, 0.05) is 12.4 Å². The number of hydrogen-bond donors (Lipinski definition) is 0. The fraction of sp³-hybridized carbons (Fsp3) is 0.143. The molecule has 0 aliphatic heterocycles. The number of carbonyl (C=O) groups excluding carboxylic acids is 1. The van der Waals surface area contributed by atoms with Gasteiger partial charge in [-0.15, -0.1) is 0 Å². The van der Waals surface area contributed by atoms with Crippen molar-refractivity contribution < 1.29 is 28.8 Å². The molecule has 1 heterocycles. The second kappa shape index (κ2) is 5.51. The van der Waals surface area contributed by atoms with Crippen LogP contribution in [0.15, 0.2) is 12.1 Å². The third-order valence-electron chi connectivity index (χ3n) is 1.17. The molecule has 0 atom stereocenters. The molecule has 0 saturated carbocycles. The molecule has 1 aromatic heterocycles. The molecule has 0 aliphatic carbocycles. The zero-order chi connectivity index (χ0) is 9.14. The Labute approximate surface area is 97.2 Å². The number of rotatable bonds is 2. The predicted octanol–water partition coefficient (Wildman–Crippen LogP) is -2.32. The minimum Gasteiger partial charge on any atom is -0.550 e. The first-order chi connectivity index (χ1) is 5.58. The normalized spacial score (nSPS) is 9.08. The van der Waals surface area contributed by atoms with Crippen LogP contribution in [0.3, 0.4) is 0 Å². The van der Waals surface area contributed by atoms with Gasteiger partial charge >= 0.3 is 18.9 Å². The Morgan fingerprint density at radius 3 is 2.23 bits per heavy atom. The second-order valence-electron chi connectivity index (χ2n) is 2.17. The van der Waals surface area contributed by atoms with Gasteiger partial charge in [-0.2, -0.15) is 0 Å². The molecule has 6 heteroatoms. The van der Waals surface area contributed by atoms with Gasteiger partial charge in [0.15, 0.2) is 0 Å². The maximum atomic E-state index is 10.2. The topological polar surface area (TPSA) is 53.0 Å². The molecular weight excluding hydrogens is 208 g/mol. The molecule has 0 N–H and O–H groups in total. The number of carboxylic acid groups (broad SMARTS) is 1. The predicted molar refractivity (Wildman–Crippen MR) is 43.0 cm³/mol. The summed E-state index contributed by atoms with van der Waals surface area (Å²) in [6, 6.07) is 2.87. The van der Waals surface area contributed by atoms with Crippen LogP contribution in [0.5, 0.6) is 0 Å². The summed E-state index contributed by atoms with van der Waals surface area (Å²) in [6.45, 7) is 0. The van der Waals surface area contributed by atoms with E-state index in [1.54, 1.807) is 0 Å². The van der Waals surface area contributed by atoms with Gasteiger partial charge in [-0.25, -0.2) is 4.98 Å². The number of halogens is 2. The summed E-state index contributed by atoms with van der Waals surface area (Å²) < 4.78 is 0. The van der Waals surface area contributed by atoms with Crippen LogP contribution in [-0.2, 0) is 11.2 Å². The van der Waals surface area contributed by atoms with Gasteiger partial charge in [0.2, 0.25) is 0 Å². The molecule has 0 aliphatic rings. The fourth-order valence-electron chi connectivity index (χ4n) is 0.783. The molecule has 1 rings (SSSR count). The van der Waals surface area contributed by atoms with Crippen molar-refractivity contribution in [3.05, 3.63) is 28.0 Å². The molecule has 0 aromatic carbocycles. The van der Waals surface area contributed by atoms with Crippen LogP contribution in [0.1, 0.15) is 5.56 Å². The summed E-state index contributed by atoms with van der Waals surface area (Å²) in [6.07, 6.45) is -0.206. The first-order valence-electron chi connectivity index (χ1n) is 3.10. The number of aliphatic carboxylic acids is 1. The second-order valence-corrected chi connectivity index (χ2v) is 2.94. The molecule has 1 aromatic rings. The fourth-order valence-corrected chi connectivity index (χ4v) is 1.29. The third-order valence-corrected chi connectivity index (χ3v) is 1.56. The van der Waals surface area contributed by atoms with Gasteiger partial charge in [-0.05, 0) is 17.7 Å². The molecule has 0 radical (unpaired) electrons. The van der Waals surface area contributed by atoms with Gasteiger partial charge in [0.25, 0.3) is 0 Å². The SMILES string of the molecule is O=C([O-])Cc1cc(Cl)nc(Cl)c1.[Li+]. The first kappa shape index (κ1) is 12.8.